The Labute approximate surface area is 224 Å². The van der Waals surface area contributed by atoms with E-state index in [9.17, 15) is 9.59 Å². The second-order valence-electron chi connectivity index (χ2n) is 9.04. The van der Waals surface area contributed by atoms with Crippen molar-refractivity contribution in [1.82, 2.24) is 4.90 Å². The Kier molecular flexibility index (Phi) is 8.73. The van der Waals surface area contributed by atoms with Gasteiger partial charge in [0.1, 0.15) is 11.5 Å². The second kappa shape index (κ2) is 12.4. The van der Waals surface area contributed by atoms with Crippen LogP contribution < -0.4 is 24.6 Å². The van der Waals surface area contributed by atoms with E-state index in [4.69, 9.17) is 9.47 Å². The molecule has 4 rings (SSSR count). The summed E-state index contributed by atoms with van der Waals surface area (Å²) < 4.78 is 10.7. The highest BCUT2D eigenvalue weighted by Crippen LogP contribution is 2.31. The molecule has 3 aromatic rings. The molecule has 0 saturated carbocycles. The van der Waals surface area contributed by atoms with Gasteiger partial charge >= 0.3 is 0 Å². The summed E-state index contributed by atoms with van der Waals surface area (Å²) in [6.07, 6.45) is 0. The van der Waals surface area contributed by atoms with Crippen LogP contribution in [-0.2, 0) is 0 Å². The smallest absolute Gasteiger partial charge is 0.256 e. The Morgan fingerprint density at radius 3 is 2.05 bits per heavy atom. The topological polar surface area (TPSA) is 74.4 Å². The van der Waals surface area contributed by atoms with Crippen LogP contribution in [0, 0.1) is 0 Å². The van der Waals surface area contributed by atoms with Crippen molar-refractivity contribution in [3.63, 3.8) is 0 Å². The van der Waals surface area contributed by atoms with Gasteiger partial charge in [-0.1, -0.05) is 12.1 Å². The van der Waals surface area contributed by atoms with Crippen molar-refractivity contribution < 1.29 is 19.1 Å². The number of ether oxygens (including phenoxy) is 2. The number of benzene rings is 3. The number of nitrogens with zero attached hydrogens (tertiary/aromatic N) is 3. The zero-order valence-electron chi connectivity index (χ0n) is 22.6. The van der Waals surface area contributed by atoms with Crippen molar-refractivity contribution >= 4 is 28.9 Å². The molecule has 0 atom stereocenters. The van der Waals surface area contributed by atoms with Crippen molar-refractivity contribution in [3.8, 4) is 11.5 Å². The zero-order valence-corrected chi connectivity index (χ0v) is 22.6. The third-order valence-corrected chi connectivity index (χ3v) is 6.93. The van der Waals surface area contributed by atoms with Gasteiger partial charge in [-0.05, 0) is 68.4 Å². The maximum atomic E-state index is 13.6. The second-order valence-corrected chi connectivity index (χ2v) is 9.04. The molecule has 1 heterocycles. The molecule has 38 heavy (non-hydrogen) atoms. The number of para-hydroxylation sites is 2. The van der Waals surface area contributed by atoms with E-state index in [1.165, 1.54) is 0 Å². The van der Waals surface area contributed by atoms with Gasteiger partial charge < -0.3 is 29.5 Å². The van der Waals surface area contributed by atoms with Gasteiger partial charge in [0, 0.05) is 56.2 Å². The van der Waals surface area contributed by atoms with Gasteiger partial charge in [0.25, 0.3) is 11.8 Å². The lowest BCUT2D eigenvalue weighted by Crippen LogP contribution is -2.47. The molecule has 0 aliphatic carbocycles. The highest BCUT2D eigenvalue weighted by atomic mass is 16.5. The third kappa shape index (κ3) is 5.85. The predicted molar refractivity (Wildman–Crippen MR) is 152 cm³/mol. The molecule has 8 heteroatoms. The number of hydrogen-bond donors (Lipinski definition) is 1. The molecule has 1 N–H and O–H groups in total. The summed E-state index contributed by atoms with van der Waals surface area (Å²) >= 11 is 0. The Bertz CT molecular complexity index is 1250. The van der Waals surface area contributed by atoms with Crippen LogP contribution in [0.1, 0.15) is 34.6 Å². The Hall–Kier alpha value is -4.20. The van der Waals surface area contributed by atoms with Crippen LogP contribution in [0.2, 0.25) is 0 Å². The van der Waals surface area contributed by atoms with Crippen LogP contribution in [-0.4, -0.2) is 70.2 Å². The molecule has 8 nitrogen and oxygen atoms in total. The van der Waals surface area contributed by atoms with E-state index >= 15 is 0 Å². The molecule has 1 aliphatic rings. The molecule has 0 radical (unpaired) electrons. The first kappa shape index (κ1) is 26.9. The molecular weight excluding hydrogens is 480 g/mol. The molecule has 0 bridgehead atoms. The van der Waals surface area contributed by atoms with E-state index in [0.29, 0.717) is 35.7 Å². The summed E-state index contributed by atoms with van der Waals surface area (Å²) in [7, 11) is 3.28. The van der Waals surface area contributed by atoms with E-state index in [0.717, 1.165) is 43.3 Å². The minimum atomic E-state index is -0.243. The highest BCUT2D eigenvalue weighted by molar-refractivity contribution is 6.06. The summed E-state index contributed by atoms with van der Waals surface area (Å²) in [6, 6.07) is 20.6. The fourth-order valence-corrected chi connectivity index (χ4v) is 4.77. The molecular formula is C30H36N4O4. The van der Waals surface area contributed by atoms with Crippen LogP contribution in [0.3, 0.4) is 0 Å². The number of carbonyl (C=O) groups is 2. The summed E-state index contributed by atoms with van der Waals surface area (Å²) in [5.41, 5.74) is 3.64. The molecule has 2 amide bonds. The highest BCUT2D eigenvalue weighted by Gasteiger charge is 2.25. The molecule has 1 aliphatic heterocycles. The van der Waals surface area contributed by atoms with E-state index in [-0.39, 0.29) is 11.8 Å². The number of anilines is 3. The number of amides is 2. The quantitative estimate of drug-likeness (QED) is 0.442. The van der Waals surface area contributed by atoms with Gasteiger partial charge in [-0.15, -0.1) is 0 Å². The molecule has 0 spiro atoms. The molecule has 3 aromatic carbocycles. The van der Waals surface area contributed by atoms with Gasteiger partial charge in [0.05, 0.1) is 25.5 Å². The predicted octanol–water partition coefficient (Wildman–Crippen LogP) is 4.76. The largest absolute Gasteiger partial charge is 0.497 e. The first-order chi connectivity index (χ1) is 18.5. The number of carbonyl (C=O) groups excluding carboxylic acids is 2. The molecule has 0 aromatic heterocycles. The molecule has 0 unspecified atom stereocenters. The summed E-state index contributed by atoms with van der Waals surface area (Å²) in [5.74, 6) is 1.25. The van der Waals surface area contributed by atoms with Gasteiger partial charge in [0.15, 0.2) is 0 Å². The summed E-state index contributed by atoms with van der Waals surface area (Å²) in [4.78, 5) is 32.8. The van der Waals surface area contributed by atoms with E-state index in [1.54, 1.807) is 49.5 Å². The maximum Gasteiger partial charge on any atom is 0.256 e. The number of rotatable bonds is 9. The van der Waals surface area contributed by atoms with Crippen LogP contribution in [0.5, 0.6) is 11.5 Å². The van der Waals surface area contributed by atoms with Crippen molar-refractivity contribution in [3.05, 3.63) is 77.9 Å². The SMILES string of the molecule is CCN(CC)C(=O)c1cc(NC(=O)c2ccc(OC)cc2)ccc1N1CCN(c2ccccc2OC)CC1. The average Bonchev–Trinajstić information content (AvgIpc) is 2.97. The lowest BCUT2D eigenvalue weighted by atomic mass is 10.1. The van der Waals surface area contributed by atoms with Crippen LogP contribution in [0.25, 0.3) is 0 Å². The molecule has 1 saturated heterocycles. The number of hydrogen-bond acceptors (Lipinski definition) is 6. The first-order valence-corrected chi connectivity index (χ1v) is 13.0. The number of piperazine rings is 1. The minimum Gasteiger partial charge on any atom is -0.497 e. The van der Waals surface area contributed by atoms with Crippen LogP contribution >= 0.6 is 0 Å². The summed E-state index contributed by atoms with van der Waals surface area (Å²) in [5, 5.41) is 2.95. The minimum absolute atomic E-state index is 0.0438. The van der Waals surface area contributed by atoms with Crippen molar-refractivity contribution in [2.75, 3.05) is 68.6 Å². The number of methoxy groups -OCH3 is 2. The Balaban J connectivity index is 1.56. The van der Waals surface area contributed by atoms with E-state index < -0.39 is 0 Å². The lowest BCUT2D eigenvalue weighted by molar-refractivity contribution is 0.0773. The van der Waals surface area contributed by atoms with Gasteiger partial charge in [0.2, 0.25) is 0 Å². The molecule has 1 fully saturated rings. The molecule has 200 valence electrons. The van der Waals surface area contributed by atoms with Crippen molar-refractivity contribution in [2.24, 2.45) is 0 Å². The van der Waals surface area contributed by atoms with Crippen LogP contribution in [0.15, 0.2) is 66.7 Å². The lowest BCUT2D eigenvalue weighted by Gasteiger charge is -2.38. The van der Waals surface area contributed by atoms with Crippen molar-refractivity contribution in [1.29, 1.82) is 0 Å². The van der Waals surface area contributed by atoms with Crippen molar-refractivity contribution in [2.45, 2.75) is 13.8 Å². The van der Waals surface area contributed by atoms with Gasteiger partial charge in [-0.25, -0.2) is 0 Å². The van der Waals surface area contributed by atoms with Crippen LogP contribution in [0.4, 0.5) is 17.1 Å². The first-order valence-electron chi connectivity index (χ1n) is 13.0. The Morgan fingerprint density at radius 2 is 1.45 bits per heavy atom. The average molecular weight is 517 g/mol. The normalized spacial score (nSPS) is 13.2. The fraction of sp³-hybridized carbons (Fsp3) is 0.333. The fourth-order valence-electron chi connectivity index (χ4n) is 4.77. The summed E-state index contributed by atoms with van der Waals surface area (Å²) in [6.45, 7) is 8.29. The monoisotopic (exact) mass is 516 g/mol. The standard InChI is InChI=1S/C30H36N4O4/c1-5-32(6-2)30(36)25-21-23(31-29(35)22-11-14-24(37-3)15-12-22)13-16-26(25)33-17-19-34(20-18-33)27-9-7-8-10-28(27)38-4/h7-16,21H,5-6,17-20H2,1-4H3,(H,31,35). The maximum absolute atomic E-state index is 13.6. The number of nitrogens with one attached hydrogen (secondary N) is 1. The third-order valence-electron chi connectivity index (χ3n) is 6.93. The van der Waals surface area contributed by atoms with Gasteiger partial charge in [-0.2, -0.15) is 0 Å². The zero-order chi connectivity index (χ0) is 27.1. The van der Waals surface area contributed by atoms with Gasteiger partial charge in [-0.3, -0.25) is 9.59 Å². The van der Waals surface area contributed by atoms with E-state index in [2.05, 4.69) is 21.2 Å². The van der Waals surface area contributed by atoms with E-state index in [1.807, 2.05) is 44.2 Å². The Morgan fingerprint density at radius 1 is 0.816 bits per heavy atom.